The van der Waals surface area contributed by atoms with Crippen LogP contribution in [0.4, 0.5) is 0 Å². The number of pyridine rings is 1. The minimum atomic E-state index is -0.287. The summed E-state index contributed by atoms with van der Waals surface area (Å²) in [5, 5.41) is 27.0. The summed E-state index contributed by atoms with van der Waals surface area (Å²) in [6.45, 7) is 14.5. The van der Waals surface area contributed by atoms with Gasteiger partial charge in [0.25, 0.3) is 0 Å². The Hall–Kier alpha value is -2.80. The first kappa shape index (κ1) is 41.2. The Bertz CT molecular complexity index is 1330. The predicted octanol–water partition coefficient (Wildman–Crippen LogP) is 9.66. The van der Waals surface area contributed by atoms with Crippen LogP contribution in [0.2, 0.25) is 0 Å². The number of aliphatic hydroxyl groups excluding tert-OH is 2. The summed E-state index contributed by atoms with van der Waals surface area (Å²) in [6.07, 6.45) is 15.9. The Labute approximate surface area is 283 Å². The molecule has 2 unspecified atom stereocenters. The Balaban J connectivity index is 0.000000683. The maximum Gasteiger partial charge on any atom is 0.190 e. The zero-order valence-electron chi connectivity index (χ0n) is 29.2. The van der Waals surface area contributed by atoms with E-state index in [2.05, 4.69) is 45.7 Å². The number of ketones is 2. The van der Waals surface area contributed by atoms with Gasteiger partial charge < -0.3 is 15.3 Å². The van der Waals surface area contributed by atoms with Gasteiger partial charge in [0.2, 0.25) is 0 Å². The molecule has 1 aromatic heterocycles. The highest BCUT2D eigenvalue weighted by atomic mass is 35.5. The number of halogens is 1. The van der Waals surface area contributed by atoms with Crippen molar-refractivity contribution in [3.8, 4) is 5.75 Å². The number of rotatable bonds is 16. The topological polar surface area (TPSA) is 108 Å². The van der Waals surface area contributed by atoms with E-state index in [9.17, 15) is 14.7 Å². The van der Waals surface area contributed by atoms with Crippen LogP contribution in [-0.2, 0) is 13.2 Å². The Kier molecular flexibility index (Phi) is 19.0. The van der Waals surface area contributed by atoms with Crippen molar-refractivity contribution in [3.63, 3.8) is 0 Å². The number of hydrogen-bond acceptors (Lipinski definition) is 6. The van der Waals surface area contributed by atoms with Gasteiger partial charge in [-0.3, -0.25) is 14.6 Å². The van der Waals surface area contributed by atoms with Crippen LogP contribution in [-0.4, -0.2) is 31.9 Å². The number of benzene rings is 1. The smallest absolute Gasteiger partial charge is 0.190 e. The molecule has 1 aliphatic carbocycles. The van der Waals surface area contributed by atoms with Crippen molar-refractivity contribution >= 4 is 24.0 Å². The van der Waals surface area contributed by atoms with E-state index in [1.54, 1.807) is 26.0 Å². The molecule has 2 atom stereocenters. The number of carbonyl (C=O) groups is 2. The van der Waals surface area contributed by atoms with Crippen LogP contribution >= 0.6 is 12.4 Å². The summed E-state index contributed by atoms with van der Waals surface area (Å²) in [6, 6.07) is 7.18. The summed E-state index contributed by atoms with van der Waals surface area (Å²) >= 11 is 0. The van der Waals surface area contributed by atoms with Gasteiger partial charge in [0, 0.05) is 39.6 Å². The van der Waals surface area contributed by atoms with Crippen LogP contribution in [0.25, 0.3) is 0 Å². The molecule has 0 radical (unpaired) electrons. The SMILES string of the molecule is CC(=CCC1=C(C)C(=O)c2ccccc2C1=O)CCCC(C)CCCC(C)CCCC(C)C.Cc1ncc(CO)c(CO)c1O.Cl. The molecule has 0 fully saturated rings. The van der Waals surface area contributed by atoms with Gasteiger partial charge in [-0.05, 0) is 57.8 Å². The summed E-state index contributed by atoms with van der Waals surface area (Å²) in [5.41, 5.74) is 4.95. The van der Waals surface area contributed by atoms with Crippen LogP contribution in [0, 0.1) is 24.7 Å². The Morgan fingerprint density at radius 3 is 1.91 bits per heavy atom. The van der Waals surface area contributed by atoms with E-state index in [1.165, 1.54) is 63.1 Å². The van der Waals surface area contributed by atoms with Gasteiger partial charge in [0.15, 0.2) is 11.6 Å². The second kappa shape index (κ2) is 21.1. The fourth-order valence-corrected chi connectivity index (χ4v) is 5.88. The number of hydrogen-bond donors (Lipinski definition) is 3. The van der Waals surface area contributed by atoms with Crippen molar-refractivity contribution in [2.24, 2.45) is 17.8 Å². The second-order valence-corrected chi connectivity index (χ2v) is 13.4. The van der Waals surface area contributed by atoms with E-state index in [1.807, 2.05) is 12.1 Å². The molecule has 2 aromatic rings. The number of aliphatic hydroxyl groups is 2. The van der Waals surface area contributed by atoms with Crippen molar-refractivity contribution in [1.29, 1.82) is 0 Å². The number of allylic oxidation sites excluding steroid dienone is 4. The monoisotopic (exact) mass is 655 g/mol. The van der Waals surface area contributed by atoms with E-state index in [-0.39, 0.29) is 42.9 Å². The zero-order chi connectivity index (χ0) is 33.5. The van der Waals surface area contributed by atoms with E-state index < -0.39 is 0 Å². The van der Waals surface area contributed by atoms with Crippen LogP contribution in [0.1, 0.15) is 143 Å². The maximum absolute atomic E-state index is 12.9. The van der Waals surface area contributed by atoms with Gasteiger partial charge in [0.05, 0.1) is 18.9 Å². The first-order chi connectivity index (χ1) is 21.4. The molecule has 7 heteroatoms. The lowest BCUT2D eigenvalue weighted by atomic mass is 9.83. The molecule has 6 nitrogen and oxygen atoms in total. The maximum atomic E-state index is 12.9. The van der Waals surface area contributed by atoms with Crippen LogP contribution in [0.5, 0.6) is 5.75 Å². The molecule has 3 rings (SSSR count). The van der Waals surface area contributed by atoms with Crippen LogP contribution in [0.15, 0.2) is 53.3 Å². The fourth-order valence-electron chi connectivity index (χ4n) is 5.88. The average molecular weight is 656 g/mol. The number of aromatic hydroxyl groups is 1. The van der Waals surface area contributed by atoms with Gasteiger partial charge in [0.1, 0.15) is 5.75 Å². The molecule has 256 valence electrons. The highest BCUT2D eigenvalue weighted by Gasteiger charge is 2.28. The lowest BCUT2D eigenvalue weighted by Crippen LogP contribution is -2.20. The summed E-state index contributed by atoms with van der Waals surface area (Å²) in [4.78, 5) is 29.4. The lowest BCUT2D eigenvalue weighted by molar-refractivity contribution is 0.0973. The van der Waals surface area contributed by atoms with Crippen molar-refractivity contribution in [2.75, 3.05) is 0 Å². The third-order valence-electron chi connectivity index (χ3n) is 9.04. The van der Waals surface area contributed by atoms with E-state index in [4.69, 9.17) is 10.2 Å². The average Bonchev–Trinajstić information content (AvgIpc) is 3.01. The van der Waals surface area contributed by atoms with Gasteiger partial charge in [-0.2, -0.15) is 0 Å². The molecule has 46 heavy (non-hydrogen) atoms. The Morgan fingerprint density at radius 2 is 1.37 bits per heavy atom. The molecule has 0 saturated carbocycles. The molecular weight excluding hydrogens is 598 g/mol. The number of fused-ring (bicyclic) bond motifs is 1. The van der Waals surface area contributed by atoms with Gasteiger partial charge in [-0.25, -0.2) is 0 Å². The molecule has 1 aromatic carbocycles. The van der Waals surface area contributed by atoms with Gasteiger partial charge in [-0.15, -0.1) is 12.4 Å². The van der Waals surface area contributed by atoms with E-state index in [0.29, 0.717) is 45.5 Å². The van der Waals surface area contributed by atoms with Crippen molar-refractivity contribution in [1.82, 2.24) is 4.98 Å². The molecule has 3 N–H and O–H groups in total. The predicted molar refractivity (Wildman–Crippen MR) is 191 cm³/mol. The van der Waals surface area contributed by atoms with Crippen molar-refractivity contribution in [2.45, 2.75) is 126 Å². The number of Topliss-reactive ketones (excluding diaryl/α,β-unsaturated/α-hetero) is 2. The lowest BCUT2D eigenvalue weighted by Gasteiger charge is -2.18. The van der Waals surface area contributed by atoms with E-state index >= 15 is 0 Å². The zero-order valence-corrected chi connectivity index (χ0v) is 30.0. The molecular formula is C39H58ClNO5. The Morgan fingerprint density at radius 1 is 0.826 bits per heavy atom. The largest absolute Gasteiger partial charge is 0.506 e. The fraction of sp³-hybridized carbons (Fsp3) is 0.564. The summed E-state index contributed by atoms with van der Waals surface area (Å²) in [5.74, 6) is 2.44. The molecule has 0 aliphatic heterocycles. The third kappa shape index (κ3) is 12.8. The highest BCUT2D eigenvalue weighted by Crippen LogP contribution is 2.29. The standard InChI is InChI=1S/C31H46O2.C8H11NO3.ClH/c1-22(2)12-9-13-23(3)14-10-15-24(4)16-11-17-25(5)20-21-27-26(6)30(32)28-18-7-8-19-29(28)31(27)33;1-5-8(12)7(4-11)6(3-10)2-9-5;/h7-8,18-20,22-24H,9-17,21H2,1-6H3;2,10-12H,3-4H2,1H3;1H. The molecule has 0 bridgehead atoms. The normalized spacial score (nSPS) is 14.4. The van der Waals surface area contributed by atoms with Gasteiger partial charge >= 0.3 is 0 Å². The second-order valence-electron chi connectivity index (χ2n) is 13.4. The van der Waals surface area contributed by atoms with Gasteiger partial charge in [-0.1, -0.05) is 109 Å². The molecule has 0 saturated heterocycles. The number of carbonyl (C=O) groups excluding carboxylic acids is 2. The number of nitrogens with zero attached hydrogens (tertiary/aromatic N) is 1. The molecule has 1 heterocycles. The summed E-state index contributed by atoms with van der Waals surface area (Å²) < 4.78 is 0. The quantitative estimate of drug-likeness (QED) is 0.155. The molecule has 0 spiro atoms. The summed E-state index contributed by atoms with van der Waals surface area (Å²) in [7, 11) is 0. The van der Waals surface area contributed by atoms with Crippen molar-refractivity contribution < 1.29 is 24.9 Å². The number of aromatic nitrogens is 1. The third-order valence-corrected chi connectivity index (χ3v) is 9.04. The van der Waals surface area contributed by atoms with E-state index in [0.717, 1.165) is 24.2 Å². The first-order valence-electron chi connectivity index (χ1n) is 16.8. The number of aryl methyl sites for hydroxylation is 1. The highest BCUT2D eigenvalue weighted by molar-refractivity contribution is 6.26. The molecule has 1 aliphatic rings. The minimum absolute atomic E-state index is 0. The molecule has 0 amide bonds. The first-order valence-corrected chi connectivity index (χ1v) is 16.8. The van der Waals surface area contributed by atoms with Crippen LogP contribution < -0.4 is 0 Å². The van der Waals surface area contributed by atoms with Crippen LogP contribution in [0.3, 0.4) is 0 Å². The van der Waals surface area contributed by atoms with Crippen molar-refractivity contribution in [3.05, 3.63) is 81.2 Å². The minimum Gasteiger partial charge on any atom is -0.506 e.